The number of carbonyl (C=O) groups excluding carboxylic acids is 1. The van der Waals surface area contributed by atoms with Crippen molar-refractivity contribution in [2.45, 2.75) is 57.7 Å². The molecular formula is C20H25N5O2S. The summed E-state index contributed by atoms with van der Waals surface area (Å²) in [5.41, 5.74) is 0.387. The van der Waals surface area contributed by atoms with Gasteiger partial charge in [-0.15, -0.1) is 11.3 Å². The molecule has 1 unspecified atom stereocenters. The molecule has 0 bridgehead atoms. The van der Waals surface area contributed by atoms with Crippen LogP contribution in [-0.2, 0) is 17.8 Å². The molecule has 1 saturated heterocycles. The Morgan fingerprint density at radius 3 is 3.00 bits per heavy atom. The fraction of sp³-hybridized carbons (Fsp3) is 0.550. The van der Waals surface area contributed by atoms with Crippen LogP contribution in [0.5, 0.6) is 0 Å². The fourth-order valence-corrected chi connectivity index (χ4v) is 5.26. The van der Waals surface area contributed by atoms with Gasteiger partial charge >= 0.3 is 0 Å². The van der Waals surface area contributed by atoms with Crippen molar-refractivity contribution in [2.24, 2.45) is 0 Å². The second-order valence-electron chi connectivity index (χ2n) is 7.91. The zero-order chi connectivity index (χ0) is 19.3. The first-order chi connectivity index (χ1) is 13.6. The fourth-order valence-electron chi connectivity index (χ4n) is 4.34. The van der Waals surface area contributed by atoms with E-state index in [0.29, 0.717) is 11.9 Å². The van der Waals surface area contributed by atoms with E-state index in [-0.39, 0.29) is 24.1 Å². The topological polar surface area (TPSA) is 71.6 Å². The lowest BCUT2D eigenvalue weighted by atomic mass is 10.1. The van der Waals surface area contributed by atoms with Crippen LogP contribution in [0.25, 0.3) is 15.7 Å². The quantitative estimate of drug-likeness (QED) is 0.713. The summed E-state index contributed by atoms with van der Waals surface area (Å²) in [4.78, 5) is 29.1. The first kappa shape index (κ1) is 17.9. The van der Waals surface area contributed by atoms with Crippen LogP contribution in [0.2, 0.25) is 0 Å². The van der Waals surface area contributed by atoms with Gasteiger partial charge in [-0.05, 0) is 49.7 Å². The number of piperidine rings is 1. The van der Waals surface area contributed by atoms with E-state index in [1.165, 1.54) is 17.5 Å². The molecular weight excluding hydrogens is 374 g/mol. The zero-order valence-corrected chi connectivity index (χ0v) is 16.9. The molecule has 1 amide bonds. The van der Waals surface area contributed by atoms with Crippen molar-refractivity contribution in [3.05, 3.63) is 33.7 Å². The molecule has 0 spiro atoms. The van der Waals surface area contributed by atoms with Crippen molar-refractivity contribution >= 4 is 33.0 Å². The molecule has 5 rings (SSSR count). The molecule has 4 heterocycles. The molecule has 1 aliphatic heterocycles. The lowest BCUT2D eigenvalue weighted by Gasteiger charge is -2.33. The van der Waals surface area contributed by atoms with Crippen LogP contribution in [-0.4, -0.2) is 50.2 Å². The van der Waals surface area contributed by atoms with Gasteiger partial charge in [-0.2, -0.15) is 5.10 Å². The van der Waals surface area contributed by atoms with Crippen molar-refractivity contribution < 1.29 is 4.79 Å². The van der Waals surface area contributed by atoms with E-state index in [0.717, 1.165) is 48.0 Å². The molecule has 148 valence electrons. The highest BCUT2D eigenvalue weighted by atomic mass is 32.1. The SMILES string of the molecule is CCc1nn(CC(=O)NC2CCCN(C3CC3)C2)c(=O)c2cc3ccsc3n12. The molecule has 1 N–H and O–H groups in total. The summed E-state index contributed by atoms with van der Waals surface area (Å²) < 4.78 is 3.26. The summed E-state index contributed by atoms with van der Waals surface area (Å²) in [6.45, 7) is 4.05. The smallest absolute Gasteiger partial charge is 0.291 e. The number of aromatic nitrogens is 3. The van der Waals surface area contributed by atoms with Gasteiger partial charge in [0.2, 0.25) is 5.91 Å². The van der Waals surface area contributed by atoms with Gasteiger partial charge in [0, 0.05) is 30.4 Å². The maximum absolute atomic E-state index is 12.9. The molecule has 1 saturated carbocycles. The number of thiophene rings is 1. The molecule has 1 aliphatic carbocycles. The van der Waals surface area contributed by atoms with Crippen LogP contribution in [0.4, 0.5) is 0 Å². The highest BCUT2D eigenvalue weighted by Crippen LogP contribution is 2.29. The van der Waals surface area contributed by atoms with Crippen LogP contribution in [0, 0.1) is 0 Å². The van der Waals surface area contributed by atoms with Gasteiger partial charge in [0.25, 0.3) is 5.56 Å². The molecule has 1 atom stereocenters. The zero-order valence-electron chi connectivity index (χ0n) is 16.1. The third-order valence-corrected chi connectivity index (χ3v) is 6.76. The maximum Gasteiger partial charge on any atom is 0.291 e. The van der Waals surface area contributed by atoms with E-state index < -0.39 is 0 Å². The van der Waals surface area contributed by atoms with Gasteiger partial charge < -0.3 is 5.32 Å². The van der Waals surface area contributed by atoms with E-state index in [4.69, 9.17) is 0 Å². The minimum atomic E-state index is -0.209. The summed E-state index contributed by atoms with van der Waals surface area (Å²) >= 11 is 1.60. The second-order valence-corrected chi connectivity index (χ2v) is 8.81. The van der Waals surface area contributed by atoms with Gasteiger partial charge in [-0.1, -0.05) is 6.92 Å². The Kier molecular flexibility index (Phi) is 4.47. The minimum Gasteiger partial charge on any atom is -0.350 e. The Morgan fingerprint density at radius 2 is 2.21 bits per heavy atom. The molecule has 3 aromatic rings. The Hall–Kier alpha value is -2.19. The van der Waals surface area contributed by atoms with Crippen molar-refractivity contribution in [1.29, 1.82) is 0 Å². The summed E-state index contributed by atoms with van der Waals surface area (Å²) in [5, 5.41) is 10.7. The number of likely N-dealkylation sites (tertiary alicyclic amines) is 1. The van der Waals surface area contributed by atoms with Gasteiger partial charge in [0.15, 0.2) is 0 Å². The number of nitrogens with one attached hydrogen (secondary N) is 1. The predicted octanol–water partition coefficient (Wildman–Crippen LogP) is 2.02. The Morgan fingerprint density at radius 1 is 1.36 bits per heavy atom. The Labute approximate surface area is 166 Å². The third kappa shape index (κ3) is 3.14. The first-order valence-corrected chi connectivity index (χ1v) is 11.0. The van der Waals surface area contributed by atoms with Gasteiger partial charge in [-0.25, -0.2) is 4.68 Å². The summed E-state index contributed by atoms with van der Waals surface area (Å²) in [5.74, 6) is 0.675. The van der Waals surface area contributed by atoms with Crippen LogP contribution in [0.1, 0.15) is 38.4 Å². The second kappa shape index (κ2) is 7.00. The first-order valence-electron chi connectivity index (χ1n) is 10.2. The molecule has 0 aromatic carbocycles. The van der Waals surface area contributed by atoms with E-state index in [1.807, 2.05) is 28.8 Å². The van der Waals surface area contributed by atoms with E-state index in [2.05, 4.69) is 15.3 Å². The highest BCUT2D eigenvalue weighted by molar-refractivity contribution is 7.16. The van der Waals surface area contributed by atoms with Crippen LogP contribution in [0.15, 0.2) is 22.3 Å². The van der Waals surface area contributed by atoms with Gasteiger partial charge in [0.1, 0.15) is 22.7 Å². The molecule has 3 aromatic heterocycles. The number of nitrogens with zero attached hydrogens (tertiary/aromatic N) is 4. The predicted molar refractivity (Wildman–Crippen MR) is 110 cm³/mol. The summed E-state index contributed by atoms with van der Waals surface area (Å²) in [7, 11) is 0. The summed E-state index contributed by atoms with van der Waals surface area (Å²) in [6, 6.07) is 4.81. The van der Waals surface area contributed by atoms with Gasteiger partial charge in [0.05, 0.1) is 0 Å². The number of hydrogen-bond donors (Lipinski definition) is 1. The molecule has 2 aliphatic rings. The molecule has 0 radical (unpaired) electrons. The maximum atomic E-state index is 12.9. The van der Waals surface area contributed by atoms with Crippen molar-refractivity contribution in [2.75, 3.05) is 13.1 Å². The van der Waals surface area contributed by atoms with Crippen LogP contribution < -0.4 is 10.9 Å². The molecule has 8 heteroatoms. The van der Waals surface area contributed by atoms with E-state index in [9.17, 15) is 9.59 Å². The lowest BCUT2D eigenvalue weighted by Crippen LogP contribution is -2.49. The number of hydrogen-bond acceptors (Lipinski definition) is 5. The monoisotopic (exact) mass is 399 g/mol. The van der Waals surface area contributed by atoms with Crippen LogP contribution in [0.3, 0.4) is 0 Å². The number of amides is 1. The molecule has 7 nitrogen and oxygen atoms in total. The van der Waals surface area contributed by atoms with E-state index in [1.54, 1.807) is 11.3 Å². The minimum absolute atomic E-state index is 0.0267. The average molecular weight is 400 g/mol. The molecule has 2 fully saturated rings. The standard InChI is InChI=1S/C20H25N5O2S/c1-2-17-22-24(19(27)16-10-13-7-9-28-20(13)25(16)17)12-18(26)21-14-4-3-8-23(11-14)15-5-6-15/h7,9-10,14-15H,2-6,8,11-12H2,1H3,(H,21,26). The lowest BCUT2D eigenvalue weighted by molar-refractivity contribution is -0.123. The normalized spacial score (nSPS) is 20.8. The summed E-state index contributed by atoms with van der Waals surface area (Å²) in [6.07, 6.45) is 5.39. The van der Waals surface area contributed by atoms with Gasteiger partial charge in [-0.3, -0.25) is 18.9 Å². The average Bonchev–Trinajstić information content (AvgIpc) is 3.33. The van der Waals surface area contributed by atoms with E-state index >= 15 is 0 Å². The highest BCUT2D eigenvalue weighted by Gasteiger charge is 2.33. The van der Waals surface area contributed by atoms with Crippen molar-refractivity contribution in [1.82, 2.24) is 24.4 Å². The number of aryl methyl sites for hydroxylation is 1. The van der Waals surface area contributed by atoms with Crippen molar-refractivity contribution in [3.63, 3.8) is 0 Å². The Bertz CT molecular complexity index is 1090. The van der Waals surface area contributed by atoms with Crippen molar-refractivity contribution in [3.8, 4) is 0 Å². The van der Waals surface area contributed by atoms with Crippen LogP contribution >= 0.6 is 11.3 Å². The molecule has 28 heavy (non-hydrogen) atoms. The number of rotatable bonds is 5. The number of fused-ring (bicyclic) bond motifs is 3. The third-order valence-electron chi connectivity index (χ3n) is 5.85. The largest absolute Gasteiger partial charge is 0.350 e. The Balaban J connectivity index is 1.37. The number of carbonyl (C=O) groups is 1.